The maximum absolute atomic E-state index is 9.42. The summed E-state index contributed by atoms with van der Waals surface area (Å²) < 4.78 is 0.783. The monoisotopic (exact) mass is 237 g/mol. The number of halogens is 1. The minimum Gasteiger partial charge on any atom is -1.00 e. The van der Waals surface area contributed by atoms with Gasteiger partial charge in [0.1, 0.15) is 11.4 Å². The molecule has 0 saturated carbocycles. The van der Waals surface area contributed by atoms with Gasteiger partial charge in [0.25, 0.3) is 0 Å². The Morgan fingerprint density at radius 2 is 1.50 bits per heavy atom. The number of aromatic hydroxyl groups is 1. The van der Waals surface area contributed by atoms with Crippen LogP contribution in [-0.4, -0.2) is 26.2 Å². The zero-order chi connectivity index (χ0) is 11.1. The van der Waals surface area contributed by atoms with Gasteiger partial charge in [-0.2, -0.15) is 0 Å². The summed E-state index contributed by atoms with van der Waals surface area (Å²) in [5, 5.41) is 11.7. The predicted molar refractivity (Wildman–Crippen MR) is 65.2 cm³/mol. The first-order valence-electron chi connectivity index (χ1n) is 5.01. The number of hydrogen-bond acceptors (Lipinski definition) is 1. The third-order valence-corrected chi connectivity index (χ3v) is 2.58. The first kappa shape index (κ1) is 12.8. The Bertz CT molecular complexity index is 503. The maximum Gasteiger partial charge on any atom is 0.132 e. The van der Waals surface area contributed by atoms with Gasteiger partial charge in [0.2, 0.25) is 0 Å². The van der Waals surface area contributed by atoms with Crippen LogP contribution >= 0.6 is 0 Å². The number of nitrogens with zero attached hydrogens (tertiary/aromatic N) is 1. The van der Waals surface area contributed by atoms with Crippen molar-refractivity contribution in [1.82, 2.24) is 4.48 Å². The molecule has 3 heteroatoms. The van der Waals surface area contributed by atoms with Gasteiger partial charge in [0.05, 0.1) is 21.1 Å². The maximum atomic E-state index is 9.42. The fourth-order valence-corrected chi connectivity index (χ4v) is 1.64. The standard InChI is InChI=1S/C13H15NO.ClH/c1-14(2,3)12-6-4-10-5-7-13(15)9-11(10)8-12;/h4-9H,1-3H3;1H. The van der Waals surface area contributed by atoms with Crippen LogP contribution in [0.15, 0.2) is 36.4 Å². The van der Waals surface area contributed by atoms with E-state index in [2.05, 4.69) is 39.3 Å². The molecule has 0 fully saturated rings. The lowest BCUT2D eigenvalue weighted by atomic mass is 10.1. The average molecular weight is 238 g/mol. The highest BCUT2D eigenvalue weighted by Crippen LogP contribution is 2.26. The van der Waals surface area contributed by atoms with E-state index in [4.69, 9.17) is 0 Å². The van der Waals surface area contributed by atoms with Crippen molar-refractivity contribution in [2.75, 3.05) is 21.1 Å². The quantitative estimate of drug-likeness (QED) is 0.678. The topological polar surface area (TPSA) is 20.2 Å². The van der Waals surface area contributed by atoms with Crippen molar-refractivity contribution in [1.29, 1.82) is 0 Å². The highest BCUT2D eigenvalue weighted by atomic mass is 35.5. The van der Waals surface area contributed by atoms with E-state index in [9.17, 15) is 5.11 Å². The number of quaternary nitrogens is 1. The fraction of sp³-hybridized carbons (Fsp3) is 0.231. The second kappa shape index (κ2) is 4.32. The molecule has 0 spiro atoms. The van der Waals surface area contributed by atoms with Gasteiger partial charge in [0, 0.05) is 6.07 Å². The molecule has 0 saturated heterocycles. The van der Waals surface area contributed by atoms with E-state index in [0.717, 1.165) is 15.3 Å². The van der Waals surface area contributed by atoms with Crippen LogP contribution in [0.2, 0.25) is 0 Å². The number of hydrogen-bond donors (Lipinski definition) is 1. The molecule has 2 aromatic rings. The van der Waals surface area contributed by atoms with E-state index in [1.165, 1.54) is 5.69 Å². The lowest BCUT2D eigenvalue weighted by Gasteiger charge is -2.23. The molecule has 0 aliphatic rings. The van der Waals surface area contributed by atoms with Crippen LogP contribution in [0.5, 0.6) is 5.75 Å². The SMILES string of the molecule is C[N+](C)(C)c1ccc2ccc(O)cc2c1.[Cl-]. The van der Waals surface area contributed by atoms with Crippen LogP contribution < -0.4 is 16.9 Å². The number of fused-ring (bicyclic) bond motifs is 1. The van der Waals surface area contributed by atoms with Crippen molar-refractivity contribution in [3.63, 3.8) is 0 Å². The zero-order valence-electron chi connectivity index (χ0n) is 9.74. The number of phenolic OH excluding ortho intramolecular Hbond substituents is 1. The lowest BCUT2D eigenvalue weighted by Crippen LogP contribution is -3.00. The Kier molecular flexibility index (Phi) is 3.46. The van der Waals surface area contributed by atoms with Crippen molar-refractivity contribution in [2.45, 2.75) is 0 Å². The first-order valence-corrected chi connectivity index (χ1v) is 5.01. The van der Waals surface area contributed by atoms with E-state index in [1.807, 2.05) is 6.07 Å². The molecule has 0 aliphatic carbocycles. The first-order chi connectivity index (χ1) is 6.97. The number of phenols is 1. The lowest BCUT2D eigenvalue weighted by molar-refractivity contribution is -0.00000433. The highest BCUT2D eigenvalue weighted by molar-refractivity contribution is 5.86. The summed E-state index contributed by atoms with van der Waals surface area (Å²) in [6.07, 6.45) is 0. The Balaban J connectivity index is 0.00000128. The van der Waals surface area contributed by atoms with Crippen LogP contribution in [0.1, 0.15) is 0 Å². The van der Waals surface area contributed by atoms with Crippen LogP contribution in [0.3, 0.4) is 0 Å². The van der Waals surface area contributed by atoms with Gasteiger partial charge in [0.15, 0.2) is 0 Å². The van der Waals surface area contributed by atoms with Gasteiger partial charge < -0.3 is 17.5 Å². The molecule has 16 heavy (non-hydrogen) atoms. The van der Waals surface area contributed by atoms with Gasteiger partial charge in [-0.05, 0) is 35.0 Å². The second-order valence-corrected chi connectivity index (χ2v) is 4.73. The van der Waals surface area contributed by atoms with E-state index in [-0.39, 0.29) is 12.4 Å². The highest BCUT2D eigenvalue weighted by Gasteiger charge is 2.11. The van der Waals surface area contributed by atoms with Gasteiger partial charge in [-0.15, -0.1) is 0 Å². The smallest absolute Gasteiger partial charge is 0.132 e. The predicted octanol–water partition coefficient (Wildman–Crippen LogP) is -0.254. The third kappa shape index (κ3) is 2.46. The summed E-state index contributed by atoms with van der Waals surface area (Å²) in [4.78, 5) is 0. The molecule has 2 nitrogen and oxygen atoms in total. The summed E-state index contributed by atoms with van der Waals surface area (Å²) in [5.74, 6) is 0.320. The molecule has 2 rings (SSSR count). The van der Waals surface area contributed by atoms with E-state index in [0.29, 0.717) is 5.75 Å². The summed E-state index contributed by atoms with van der Waals surface area (Å²) >= 11 is 0. The van der Waals surface area contributed by atoms with Gasteiger partial charge >= 0.3 is 0 Å². The molecule has 0 aliphatic heterocycles. The second-order valence-electron chi connectivity index (χ2n) is 4.73. The van der Waals surface area contributed by atoms with Crippen molar-refractivity contribution in [3.05, 3.63) is 36.4 Å². The van der Waals surface area contributed by atoms with Gasteiger partial charge in [-0.1, -0.05) is 6.07 Å². The zero-order valence-corrected chi connectivity index (χ0v) is 10.5. The summed E-state index contributed by atoms with van der Waals surface area (Å²) in [5.41, 5.74) is 1.23. The van der Waals surface area contributed by atoms with Crippen molar-refractivity contribution in [3.8, 4) is 5.75 Å². The Morgan fingerprint density at radius 1 is 0.875 bits per heavy atom. The molecular formula is C13H16ClNO. The minimum atomic E-state index is 0. The van der Waals surface area contributed by atoms with E-state index < -0.39 is 0 Å². The third-order valence-electron chi connectivity index (χ3n) is 2.58. The molecule has 0 amide bonds. The molecular weight excluding hydrogens is 222 g/mol. The Morgan fingerprint density at radius 3 is 2.12 bits per heavy atom. The summed E-state index contributed by atoms with van der Waals surface area (Å²) in [6.45, 7) is 0. The number of benzene rings is 2. The molecule has 0 aromatic heterocycles. The van der Waals surface area contributed by atoms with Crippen LogP contribution in [0, 0.1) is 0 Å². The van der Waals surface area contributed by atoms with Gasteiger partial charge in [-0.3, -0.25) is 4.48 Å². The molecule has 0 radical (unpaired) electrons. The van der Waals surface area contributed by atoms with Crippen molar-refractivity contribution >= 4 is 16.5 Å². The molecule has 0 heterocycles. The summed E-state index contributed by atoms with van der Waals surface area (Å²) in [6, 6.07) is 11.8. The van der Waals surface area contributed by atoms with E-state index in [1.54, 1.807) is 12.1 Å². The van der Waals surface area contributed by atoms with Gasteiger partial charge in [-0.25, -0.2) is 0 Å². The Labute approximate surface area is 102 Å². The summed E-state index contributed by atoms with van der Waals surface area (Å²) in [7, 11) is 6.39. The molecule has 0 bridgehead atoms. The number of rotatable bonds is 1. The molecule has 2 aromatic carbocycles. The average Bonchev–Trinajstić information content (AvgIpc) is 2.15. The van der Waals surface area contributed by atoms with Crippen molar-refractivity contribution < 1.29 is 17.5 Å². The fourth-order valence-electron chi connectivity index (χ4n) is 1.64. The molecule has 1 N–H and O–H groups in total. The minimum absolute atomic E-state index is 0. The molecule has 0 atom stereocenters. The molecule has 86 valence electrons. The Hall–Kier alpha value is -1.25. The van der Waals surface area contributed by atoms with Crippen LogP contribution in [0.25, 0.3) is 10.8 Å². The molecule has 0 unspecified atom stereocenters. The van der Waals surface area contributed by atoms with Crippen LogP contribution in [0.4, 0.5) is 5.69 Å². The van der Waals surface area contributed by atoms with Crippen molar-refractivity contribution in [2.24, 2.45) is 0 Å². The van der Waals surface area contributed by atoms with Crippen LogP contribution in [-0.2, 0) is 0 Å². The normalized spacial score (nSPS) is 11.2. The van der Waals surface area contributed by atoms with E-state index >= 15 is 0 Å². The largest absolute Gasteiger partial charge is 1.00 e.